The van der Waals surface area contributed by atoms with Crippen molar-refractivity contribution in [2.45, 2.75) is 44.2 Å². The van der Waals surface area contributed by atoms with Crippen LogP contribution in [0.25, 0.3) is 0 Å². The van der Waals surface area contributed by atoms with Crippen molar-refractivity contribution in [3.8, 4) is 0 Å². The van der Waals surface area contributed by atoms with Gasteiger partial charge in [0.25, 0.3) is 0 Å². The average Bonchev–Trinajstić information content (AvgIpc) is 2.97. The lowest BCUT2D eigenvalue weighted by atomic mass is 10.2. The molecule has 5 nitrogen and oxygen atoms in total. The van der Waals surface area contributed by atoms with Gasteiger partial charge in [-0.1, -0.05) is 12.8 Å². The van der Waals surface area contributed by atoms with E-state index in [-0.39, 0.29) is 18.7 Å². The van der Waals surface area contributed by atoms with E-state index in [0.717, 1.165) is 25.9 Å². The molecule has 0 bridgehead atoms. The van der Waals surface area contributed by atoms with Gasteiger partial charge >= 0.3 is 6.03 Å². The van der Waals surface area contributed by atoms with Crippen LogP contribution in [-0.4, -0.2) is 54.5 Å². The summed E-state index contributed by atoms with van der Waals surface area (Å²) in [6.45, 7) is 1.81. The number of hydrogen-bond donors (Lipinski definition) is 2. The molecule has 0 aromatic rings. The first-order chi connectivity index (χ1) is 8.31. The van der Waals surface area contributed by atoms with E-state index < -0.39 is 0 Å². The van der Waals surface area contributed by atoms with Crippen molar-refractivity contribution in [1.29, 1.82) is 0 Å². The number of nitrogens with zero attached hydrogens (tertiary/aromatic N) is 1. The minimum Gasteiger partial charge on any atom is -0.395 e. The maximum Gasteiger partial charge on any atom is 0.318 e. The Bertz CT molecular complexity index is 248. The normalized spacial score (nSPS) is 25.1. The van der Waals surface area contributed by atoms with Crippen molar-refractivity contribution in [1.82, 2.24) is 10.2 Å². The number of aliphatic hydroxyl groups excluding tert-OH is 1. The first kappa shape index (κ1) is 12.6. The Morgan fingerprint density at radius 3 is 2.71 bits per heavy atom. The molecule has 0 aromatic heterocycles. The molecule has 0 aromatic carbocycles. The number of ether oxygens (including phenoxy) is 1. The molecule has 1 saturated carbocycles. The Labute approximate surface area is 102 Å². The highest BCUT2D eigenvalue weighted by molar-refractivity contribution is 5.75. The predicted molar refractivity (Wildman–Crippen MR) is 63.8 cm³/mol. The van der Waals surface area contributed by atoms with Crippen molar-refractivity contribution in [3.05, 3.63) is 0 Å². The molecule has 1 atom stereocenters. The maximum atomic E-state index is 12.1. The zero-order valence-electron chi connectivity index (χ0n) is 10.2. The molecule has 1 heterocycles. The third-order valence-corrected chi connectivity index (χ3v) is 3.62. The second-order valence-electron chi connectivity index (χ2n) is 4.87. The molecule has 1 aliphatic heterocycles. The standard InChI is InChI=1S/C12H22N2O3/c15-7-6-14(11-3-1-2-4-11)12(16)13-10-5-8-17-9-10/h10-11,15H,1-9H2,(H,13,16). The second kappa shape index (κ2) is 6.21. The quantitative estimate of drug-likeness (QED) is 0.763. The molecular formula is C12H22N2O3. The summed E-state index contributed by atoms with van der Waals surface area (Å²) in [4.78, 5) is 13.9. The lowest BCUT2D eigenvalue weighted by Crippen LogP contribution is -2.49. The molecule has 2 fully saturated rings. The molecular weight excluding hydrogens is 220 g/mol. The Kier molecular flexibility index (Phi) is 4.62. The van der Waals surface area contributed by atoms with E-state index in [1.54, 1.807) is 4.90 Å². The van der Waals surface area contributed by atoms with E-state index in [2.05, 4.69) is 5.32 Å². The monoisotopic (exact) mass is 242 g/mol. The number of nitrogens with one attached hydrogen (secondary N) is 1. The largest absolute Gasteiger partial charge is 0.395 e. The fourth-order valence-corrected chi connectivity index (χ4v) is 2.68. The highest BCUT2D eigenvalue weighted by Gasteiger charge is 2.28. The summed E-state index contributed by atoms with van der Waals surface area (Å²) < 4.78 is 5.24. The average molecular weight is 242 g/mol. The fraction of sp³-hybridized carbons (Fsp3) is 0.917. The molecule has 2 amide bonds. The molecule has 2 aliphatic rings. The summed E-state index contributed by atoms with van der Waals surface area (Å²) in [5.74, 6) is 0. The van der Waals surface area contributed by atoms with Gasteiger partial charge in [0, 0.05) is 19.2 Å². The summed E-state index contributed by atoms with van der Waals surface area (Å²) >= 11 is 0. The first-order valence-electron chi connectivity index (χ1n) is 6.57. The van der Waals surface area contributed by atoms with Crippen LogP contribution in [0.2, 0.25) is 0 Å². The summed E-state index contributed by atoms with van der Waals surface area (Å²) in [7, 11) is 0. The topological polar surface area (TPSA) is 61.8 Å². The summed E-state index contributed by atoms with van der Waals surface area (Å²) in [5.41, 5.74) is 0. The SMILES string of the molecule is O=C(NC1CCOC1)N(CCO)C1CCCC1. The lowest BCUT2D eigenvalue weighted by molar-refractivity contribution is 0.146. The second-order valence-corrected chi connectivity index (χ2v) is 4.87. The maximum absolute atomic E-state index is 12.1. The number of carbonyl (C=O) groups excluding carboxylic acids is 1. The lowest BCUT2D eigenvalue weighted by Gasteiger charge is -2.29. The summed E-state index contributed by atoms with van der Waals surface area (Å²) in [6.07, 6.45) is 5.39. The summed E-state index contributed by atoms with van der Waals surface area (Å²) in [5, 5.41) is 12.1. The molecule has 98 valence electrons. The van der Waals surface area contributed by atoms with E-state index in [1.165, 1.54) is 12.8 Å². The molecule has 17 heavy (non-hydrogen) atoms. The number of hydrogen-bond acceptors (Lipinski definition) is 3. The first-order valence-corrected chi connectivity index (χ1v) is 6.57. The number of amides is 2. The molecule has 1 saturated heterocycles. The van der Waals surface area contributed by atoms with Gasteiger partial charge in [-0.15, -0.1) is 0 Å². The van der Waals surface area contributed by atoms with Crippen LogP contribution in [0.1, 0.15) is 32.1 Å². The van der Waals surface area contributed by atoms with Crippen LogP contribution in [0.3, 0.4) is 0 Å². The minimum absolute atomic E-state index is 0.0328. The molecule has 5 heteroatoms. The summed E-state index contributed by atoms with van der Waals surface area (Å²) in [6, 6.07) is 0.413. The molecule has 1 aliphatic carbocycles. The van der Waals surface area contributed by atoms with E-state index in [9.17, 15) is 4.79 Å². The van der Waals surface area contributed by atoms with Gasteiger partial charge in [-0.2, -0.15) is 0 Å². The van der Waals surface area contributed by atoms with Crippen molar-refractivity contribution in [2.24, 2.45) is 0 Å². The van der Waals surface area contributed by atoms with Crippen molar-refractivity contribution in [2.75, 3.05) is 26.4 Å². The number of carbonyl (C=O) groups is 1. The van der Waals surface area contributed by atoms with Gasteiger partial charge in [-0.05, 0) is 19.3 Å². The zero-order valence-corrected chi connectivity index (χ0v) is 10.2. The van der Waals surface area contributed by atoms with Gasteiger partial charge in [0.05, 0.1) is 19.3 Å². The molecule has 0 spiro atoms. The van der Waals surface area contributed by atoms with E-state index >= 15 is 0 Å². The van der Waals surface area contributed by atoms with Gasteiger partial charge in [0.1, 0.15) is 0 Å². The van der Waals surface area contributed by atoms with E-state index in [1.807, 2.05) is 0 Å². The molecule has 2 N–H and O–H groups in total. The molecule has 0 radical (unpaired) electrons. The number of rotatable bonds is 4. The predicted octanol–water partition coefficient (Wildman–Crippen LogP) is 0.722. The molecule has 2 rings (SSSR count). The highest BCUT2D eigenvalue weighted by atomic mass is 16.5. The van der Waals surface area contributed by atoms with Crippen LogP contribution in [-0.2, 0) is 4.74 Å². The van der Waals surface area contributed by atoms with Gasteiger partial charge in [-0.25, -0.2) is 4.79 Å². The fourth-order valence-electron chi connectivity index (χ4n) is 2.68. The smallest absolute Gasteiger partial charge is 0.318 e. The van der Waals surface area contributed by atoms with E-state index in [0.29, 0.717) is 19.2 Å². The number of aliphatic hydroxyl groups is 1. The third-order valence-electron chi connectivity index (χ3n) is 3.62. The van der Waals surface area contributed by atoms with Gasteiger partial charge < -0.3 is 20.1 Å². The highest BCUT2D eigenvalue weighted by Crippen LogP contribution is 2.23. The van der Waals surface area contributed by atoms with Crippen LogP contribution in [0, 0.1) is 0 Å². The Morgan fingerprint density at radius 2 is 2.12 bits per heavy atom. The van der Waals surface area contributed by atoms with Gasteiger partial charge in [0.15, 0.2) is 0 Å². The van der Waals surface area contributed by atoms with Crippen LogP contribution in [0.4, 0.5) is 4.79 Å². The minimum atomic E-state index is -0.0403. The third kappa shape index (κ3) is 3.33. The van der Waals surface area contributed by atoms with Crippen LogP contribution in [0.5, 0.6) is 0 Å². The van der Waals surface area contributed by atoms with Gasteiger partial charge in [0.2, 0.25) is 0 Å². The number of urea groups is 1. The Balaban J connectivity index is 1.86. The van der Waals surface area contributed by atoms with Crippen LogP contribution < -0.4 is 5.32 Å². The van der Waals surface area contributed by atoms with E-state index in [4.69, 9.17) is 9.84 Å². The van der Waals surface area contributed by atoms with Crippen molar-refractivity contribution < 1.29 is 14.6 Å². The Morgan fingerprint density at radius 1 is 1.35 bits per heavy atom. The molecule has 1 unspecified atom stereocenters. The van der Waals surface area contributed by atoms with Crippen LogP contribution in [0.15, 0.2) is 0 Å². The zero-order chi connectivity index (χ0) is 12.1. The van der Waals surface area contributed by atoms with Crippen LogP contribution >= 0.6 is 0 Å². The van der Waals surface area contributed by atoms with Gasteiger partial charge in [-0.3, -0.25) is 0 Å². The van der Waals surface area contributed by atoms with Crippen molar-refractivity contribution >= 4 is 6.03 Å². The van der Waals surface area contributed by atoms with Crippen molar-refractivity contribution in [3.63, 3.8) is 0 Å². The Hall–Kier alpha value is -0.810.